The Balaban J connectivity index is 1.74. The van der Waals surface area contributed by atoms with Crippen LogP contribution >= 0.6 is 0 Å². The Morgan fingerprint density at radius 2 is 1.36 bits per heavy atom. The number of rotatable bonds is 3. The quantitative estimate of drug-likeness (QED) is 0.823. The van der Waals surface area contributed by atoms with Gasteiger partial charge in [-0.3, -0.25) is 4.79 Å². The summed E-state index contributed by atoms with van der Waals surface area (Å²) in [5.41, 5.74) is 6.00. The van der Waals surface area contributed by atoms with Crippen LogP contribution in [-0.4, -0.2) is 18.0 Å². The van der Waals surface area contributed by atoms with Crippen LogP contribution in [0.15, 0.2) is 0 Å². The van der Waals surface area contributed by atoms with Crippen molar-refractivity contribution in [2.75, 3.05) is 0 Å². The molecule has 2 aliphatic rings. The van der Waals surface area contributed by atoms with Gasteiger partial charge in [-0.25, -0.2) is 0 Å². The summed E-state index contributed by atoms with van der Waals surface area (Å²) in [4.78, 5) is 12.6. The number of nitrogens with one attached hydrogen (secondary N) is 1. The first-order chi connectivity index (χ1) is 10.7. The molecule has 0 bridgehead atoms. The Hall–Kier alpha value is -0.570. The lowest BCUT2D eigenvalue weighted by Crippen LogP contribution is -2.41. The van der Waals surface area contributed by atoms with Gasteiger partial charge in [0, 0.05) is 18.0 Å². The van der Waals surface area contributed by atoms with Gasteiger partial charge in [0.05, 0.1) is 0 Å². The van der Waals surface area contributed by atoms with Gasteiger partial charge in [-0.15, -0.1) is 0 Å². The lowest BCUT2D eigenvalue weighted by molar-refractivity contribution is -0.127. The van der Waals surface area contributed by atoms with Gasteiger partial charge in [0.15, 0.2) is 0 Å². The highest BCUT2D eigenvalue weighted by molar-refractivity contribution is 5.79. The predicted octanol–water partition coefficient (Wildman–Crippen LogP) is 4.15. The first-order valence-electron chi connectivity index (χ1n) is 9.72. The molecule has 22 heavy (non-hydrogen) atoms. The summed E-state index contributed by atoms with van der Waals surface area (Å²) in [6, 6.07) is 0.707. The standard InChI is InChI=1S/C19H36N2O/c1-15(20)16-11-13-17(14-12-16)19(22)21-18-9-7-5-3-2-4-6-8-10-18/h15-18H,2-14,20H2,1H3,(H,21,22). The molecule has 3 heteroatoms. The molecule has 0 aliphatic heterocycles. The van der Waals surface area contributed by atoms with Crippen molar-refractivity contribution in [2.24, 2.45) is 17.6 Å². The first-order valence-corrected chi connectivity index (χ1v) is 9.72. The van der Waals surface area contributed by atoms with E-state index < -0.39 is 0 Å². The van der Waals surface area contributed by atoms with Crippen LogP contribution in [0, 0.1) is 11.8 Å². The highest BCUT2D eigenvalue weighted by atomic mass is 16.1. The highest BCUT2D eigenvalue weighted by Crippen LogP contribution is 2.30. The molecule has 2 saturated carbocycles. The van der Waals surface area contributed by atoms with Gasteiger partial charge in [-0.05, 0) is 51.4 Å². The summed E-state index contributed by atoms with van der Waals surface area (Å²) >= 11 is 0. The van der Waals surface area contributed by atoms with Gasteiger partial charge in [0.2, 0.25) is 5.91 Å². The van der Waals surface area contributed by atoms with Crippen molar-refractivity contribution < 1.29 is 4.79 Å². The highest BCUT2D eigenvalue weighted by Gasteiger charge is 2.28. The van der Waals surface area contributed by atoms with Gasteiger partial charge in [0.1, 0.15) is 0 Å². The Labute approximate surface area is 136 Å². The first kappa shape index (κ1) is 17.8. The fraction of sp³-hybridized carbons (Fsp3) is 0.947. The summed E-state index contributed by atoms with van der Waals surface area (Å²) in [6.45, 7) is 2.10. The van der Waals surface area contributed by atoms with Gasteiger partial charge >= 0.3 is 0 Å². The molecule has 0 radical (unpaired) electrons. The van der Waals surface area contributed by atoms with E-state index in [1.165, 1.54) is 57.8 Å². The number of hydrogen-bond donors (Lipinski definition) is 2. The monoisotopic (exact) mass is 308 g/mol. The maximum Gasteiger partial charge on any atom is 0.223 e. The molecule has 3 nitrogen and oxygen atoms in total. The van der Waals surface area contributed by atoms with Gasteiger partial charge in [-0.1, -0.05) is 44.9 Å². The van der Waals surface area contributed by atoms with Crippen LogP contribution in [0.2, 0.25) is 0 Å². The molecule has 1 unspecified atom stereocenters. The van der Waals surface area contributed by atoms with E-state index in [0.29, 0.717) is 17.9 Å². The molecule has 0 aromatic rings. The third-order valence-corrected chi connectivity index (χ3v) is 5.84. The smallest absolute Gasteiger partial charge is 0.223 e. The average Bonchev–Trinajstić information content (AvgIpc) is 2.53. The Kier molecular flexibility index (Phi) is 7.71. The Bertz CT molecular complexity index is 311. The molecule has 0 aromatic carbocycles. The van der Waals surface area contributed by atoms with E-state index in [1.807, 2.05) is 0 Å². The lowest BCUT2D eigenvalue weighted by atomic mass is 9.78. The van der Waals surface area contributed by atoms with E-state index in [-0.39, 0.29) is 12.0 Å². The maximum atomic E-state index is 12.6. The predicted molar refractivity (Wildman–Crippen MR) is 92.6 cm³/mol. The van der Waals surface area contributed by atoms with E-state index in [9.17, 15) is 4.79 Å². The summed E-state index contributed by atoms with van der Waals surface area (Å²) in [6.07, 6.45) is 16.1. The molecule has 0 spiro atoms. The maximum absolute atomic E-state index is 12.6. The zero-order valence-electron chi connectivity index (χ0n) is 14.5. The molecule has 0 saturated heterocycles. The van der Waals surface area contributed by atoms with Crippen LogP contribution in [0.5, 0.6) is 0 Å². The molecule has 0 heterocycles. The van der Waals surface area contributed by atoms with Crippen molar-refractivity contribution in [3.63, 3.8) is 0 Å². The SMILES string of the molecule is CC(N)C1CCC(C(=O)NC2CCCCCCCCC2)CC1. The van der Waals surface area contributed by atoms with Crippen LogP contribution in [0.1, 0.15) is 90.4 Å². The molecule has 2 aliphatic carbocycles. The van der Waals surface area contributed by atoms with E-state index >= 15 is 0 Å². The third kappa shape index (κ3) is 5.91. The fourth-order valence-electron chi connectivity index (χ4n) is 4.18. The number of amides is 1. The van der Waals surface area contributed by atoms with E-state index in [0.717, 1.165) is 25.7 Å². The molecular weight excluding hydrogens is 272 g/mol. The second-order valence-electron chi connectivity index (χ2n) is 7.73. The van der Waals surface area contributed by atoms with Crippen LogP contribution in [0.4, 0.5) is 0 Å². The average molecular weight is 309 g/mol. The largest absolute Gasteiger partial charge is 0.353 e. The molecule has 1 amide bonds. The minimum absolute atomic E-state index is 0.241. The normalized spacial score (nSPS) is 30.5. The second kappa shape index (κ2) is 9.54. The van der Waals surface area contributed by atoms with E-state index in [1.54, 1.807) is 0 Å². The van der Waals surface area contributed by atoms with Crippen LogP contribution < -0.4 is 11.1 Å². The minimum Gasteiger partial charge on any atom is -0.353 e. The molecular formula is C19H36N2O. The molecule has 2 fully saturated rings. The van der Waals surface area contributed by atoms with Crippen molar-refractivity contribution in [1.82, 2.24) is 5.32 Å². The van der Waals surface area contributed by atoms with Crippen molar-refractivity contribution in [3.05, 3.63) is 0 Å². The summed E-state index contributed by atoms with van der Waals surface area (Å²) in [5, 5.41) is 3.38. The lowest BCUT2D eigenvalue weighted by Gasteiger charge is -2.31. The number of carbonyl (C=O) groups is 1. The zero-order valence-corrected chi connectivity index (χ0v) is 14.5. The van der Waals surface area contributed by atoms with Crippen molar-refractivity contribution >= 4 is 5.91 Å². The zero-order chi connectivity index (χ0) is 15.8. The van der Waals surface area contributed by atoms with Crippen molar-refractivity contribution in [2.45, 2.75) is 102 Å². The fourth-order valence-corrected chi connectivity index (χ4v) is 4.18. The second-order valence-corrected chi connectivity index (χ2v) is 7.73. The number of nitrogens with two attached hydrogens (primary N) is 1. The molecule has 128 valence electrons. The third-order valence-electron chi connectivity index (χ3n) is 5.84. The van der Waals surface area contributed by atoms with Crippen LogP contribution in [-0.2, 0) is 4.79 Å². The van der Waals surface area contributed by atoms with Crippen molar-refractivity contribution in [3.8, 4) is 0 Å². The van der Waals surface area contributed by atoms with Gasteiger partial charge < -0.3 is 11.1 Å². The van der Waals surface area contributed by atoms with E-state index in [4.69, 9.17) is 5.73 Å². The Morgan fingerprint density at radius 1 is 0.864 bits per heavy atom. The topological polar surface area (TPSA) is 55.1 Å². The van der Waals surface area contributed by atoms with Crippen LogP contribution in [0.3, 0.4) is 0 Å². The van der Waals surface area contributed by atoms with Gasteiger partial charge in [0.25, 0.3) is 0 Å². The number of hydrogen-bond acceptors (Lipinski definition) is 2. The molecule has 3 N–H and O–H groups in total. The van der Waals surface area contributed by atoms with Crippen LogP contribution in [0.25, 0.3) is 0 Å². The number of carbonyl (C=O) groups excluding carboxylic acids is 1. The summed E-state index contributed by atoms with van der Waals surface area (Å²) in [7, 11) is 0. The van der Waals surface area contributed by atoms with Gasteiger partial charge in [-0.2, -0.15) is 0 Å². The van der Waals surface area contributed by atoms with E-state index in [2.05, 4.69) is 12.2 Å². The summed E-state index contributed by atoms with van der Waals surface area (Å²) in [5.74, 6) is 1.19. The minimum atomic E-state index is 0.241. The molecule has 1 atom stereocenters. The molecule has 0 aromatic heterocycles. The van der Waals surface area contributed by atoms with Crippen molar-refractivity contribution in [1.29, 1.82) is 0 Å². The molecule has 2 rings (SSSR count). The Morgan fingerprint density at radius 3 is 1.86 bits per heavy atom. The summed E-state index contributed by atoms with van der Waals surface area (Å²) < 4.78 is 0.